The number of carbonyl (C=O) groups excluding carboxylic acids is 1. The zero-order valence-corrected chi connectivity index (χ0v) is 10.7. The lowest BCUT2D eigenvalue weighted by molar-refractivity contribution is 0.0953. The summed E-state index contributed by atoms with van der Waals surface area (Å²) in [5.74, 6) is -0.188. The first-order chi connectivity index (χ1) is 9.16. The van der Waals surface area contributed by atoms with E-state index in [0.29, 0.717) is 18.5 Å². The highest BCUT2D eigenvalue weighted by atomic mass is 16.1. The lowest BCUT2D eigenvalue weighted by atomic mass is 10.2. The van der Waals surface area contributed by atoms with E-state index < -0.39 is 0 Å². The Labute approximate surface area is 110 Å². The number of amides is 1. The van der Waals surface area contributed by atoms with E-state index in [0.717, 1.165) is 5.69 Å². The van der Waals surface area contributed by atoms with Gasteiger partial charge in [0.25, 0.3) is 5.91 Å². The Morgan fingerprint density at radius 3 is 2.84 bits per heavy atom. The van der Waals surface area contributed by atoms with Crippen LogP contribution >= 0.6 is 0 Å². The van der Waals surface area contributed by atoms with Crippen molar-refractivity contribution in [3.8, 4) is 0 Å². The van der Waals surface area contributed by atoms with E-state index in [1.165, 1.54) is 22.9 Å². The molecule has 98 valence electrons. The number of nitrogens with one attached hydrogen (secondary N) is 1. The minimum Gasteiger partial charge on any atom is -0.352 e. The number of aromatic nitrogens is 2. The third-order valence-corrected chi connectivity index (χ3v) is 2.74. The maximum Gasteiger partial charge on any atom is 0.252 e. The first-order valence-electron chi connectivity index (χ1n) is 6.01. The quantitative estimate of drug-likeness (QED) is 0.879. The van der Waals surface area contributed by atoms with Crippen molar-refractivity contribution in [2.45, 2.75) is 6.42 Å². The second-order valence-electron chi connectivity index (χ2n) is 4.19. The van der Waals surface area contributed by atoms with Gasteiger partial charge in [-0.2, -0.15) is 0 Å². The van der Waals surface area contributed by atoms with Crippen molar-refractivity contribution in [3.05, 3.63) is 64.3 Å². The van der Waals surface area contributed by atoms with Crippen LogP contribution in [0.4, 0.5) is 0 Å². The Hall–Kier alpha value is -2.43. The maximum atomic E-state index is 11.9. The fourth-order valence-electron chi connectivity index (χ4n) is 1.68. The average Bonchev–Trinajstić information content (AvgIpc) is 2.43. The van der Waals surface area contributed by atoms with Crippen molar-refractivity contribution in [1.82, 2.24) is 14.9 Å². The summed E-state index contributed by atoms with van der Waals surface area (Å²) in [5, 5.41) is 2.80. The standard InChI is InChI=1S/C14H15N3O2/c1-17-10-11(5-6-13(17)18)14(19)16-9-7-12-4-2-3-8-15-12/h2-6,8,10H,7,9H2,1H3,(H,16,19). The van der Waals surface area contributed by atoms with Crippen LogP contribution in [0, 0.1) is 0 Å². The van der Waals surface area contributed by atoms with Gasteiger partial charge in [-0.25, -0.2) is 0 Å². The molecule has 0 fully saturated rings. The molecule has 0 aliphatic carbocycles. The predicted molar refractivity (Wildman–Crippen MR) is 72.0 cm³/mol. The molecular weight excluding hydrogens is 242 g/mol. The highest BCUT2D eigenvalue weighted by molar-refractivity contribution is 5.93. The van der Waals surface area contributed by atoms with Gasteiger partial charge in [-0.3, -0.25) is 14.6 Å². The molecule has 0 aromatic carbocycles. The van der Waals surface area contributed by atoms with E-state index in [-0.39, 0.29) is 11.5 Å². The monoisotopic (exact) mass is 257 g/mol. The summed E-state index contributed by atoms with van der Waals surface area (Å²) >= 11 is 0. The minimum absolute atomic E-state index is 0.134. The molecule has 0 atom stereocenters. The zero-order valence-electron chi connectivity index (χ0n) is 10.7. The van der Waals surface area contributed by atoms with Crippen molar-refractivity contribution in [2.24, 2.45) is 7.05 Å². The molecule has 2 aromatic heterocycles. The first kappa shape index (κ1) is 13.0. The molecule has 2 aromatic rings. The number of hydrogen-bond donors (Lipinski definition) is 1. The predicted octanol–water partition coefficient (Wildman–Crippen LogP) is 0.753. The number of pyridine rings is 2. The molecular formula is C14H15N3O2. The van der Waals surface area contributed by atoms with Crippen LogP contribution in [0.15, 0.2) is 47.5 Å². The molecule has 0 spiro atoms. The Morgan fingerprint density at radius 1 is 1.32 bits per heavy atom. The molecule has 19 heavy (non-hydrogen) atoms. The Kier molecular flexibility index (Phi) is 4.07. The van der Waals surface area contributed by atoms with Crippen LogP contribution in [0.5, 0.6) is 0 Å². The van der Waals surface area contributed by atoms with Crippen molar-refractivity contribution in [3.63, 3.8) is 0 Å². The van der Waals surface area contributed by atoms with E-state index in [4.69, 9.17) is 0 Å². The Balaban J connectivity index is 1.91. The van der Waals surface area contributed by atoms with Crippen LogP contribution in [0.2, 0.25) is 0 Å². The summed E-state index contributed by atoms with van der Waals surface area (Å²) < 4.78 is 1.38. The number of aryl methyl sites for hydroxylation is 1. The van der Waals surface area contributed by atoms with Crippen LogP contribution in [0.1, 0.15) is 16.1 Å². The van der Waals surface area contributed by atoms with E-state index in [9.17, 15) is 9.59 Å². The fraction of sp³-hybridized carbons (Fsp3) is 0.214. The van der Waals surface area contributed by atoms with Gasteiger partial charge in [0, 0.05) is 44.2 Å². The number of nitrogens with zero attached hydrogens (tertiary/aromatic N) is 2. The number of carbonyl (C=O) groups is 1. The summed E-state index contributed by atoms with van der Waals surface area (Å²) in [6.07, 6.45) is 3.93. The highest BCUT2D eigenvalue weighted by Crippen LogP contribution is 1.96. The van der Waals surface area contributed by atoms with Gasteiger partial charge < -0.3 is 9.88 Å². The molecule has 0 saturated carbocycles. The van der Waals surface area contributed by atoms with Crippen molar-refractivity contribution < 1.29 is 4.79 Å². The van der Waals surface area contributed by atoms with E-state index in [1.54, 1.807) is 13.2 Å². The highest BCUT2D eigenvalue weighted by Gasteiger charge is 2.05. The lowest BCUT2D eigenvalue weighted by Gasteiger charge is -2.06. The van der Waals surface area contributed by atoms with Gasteiger partial charge in [0.05, 0.1) is 5.56 Å². The third-order valence-electron chi connectivity index (χ3n) is 2.74. The van der Waals surface area contributed by atoms with Crippen molar-refractivity contribution in [1.29, 1.82) is 0 Å². The topological polar surface area (TPSA) is 64.0 Å². The molecule has 2 rings (SSSR count). The fourth-order valence-corrected chi connectivity index (χ4v) is 1.68. The van der Waals surface area contributed by atoms with Gasteiger partial charge in [0.2, 0.25) is 5.56 Å². The SMILES string of the molecule is Cn1cc(C(=O)NCCc2ccccn2)ccc1=O. The zero-order chi connectivity index (χ0) is 13.7. The summed E-state index contributed by atoms with van der Waals surface area (Å²) in [6, 6.07) is 8.59. The Morgan fingerprint density at radius 2 is 2.16 bits per heavy atom. The Bertz CT molecular complexity index is 620. The van der Waals surface area contributed by atoms with Gasteiger partial charge in [0.15, 0.2) is 0 Å². The molecule has 1 amide bonds. The lowest BCUT2D eigenvalue weighted by Crippen LogP contribution is -2.27. The molecule has 0 unspecified atom stereocenters. The van der Waals surface area contributed by atoms with Crippen LogP contribution in [0.25, 0.3) is 0 Å². The largest absolute Gasteiger partial charge is 0.352 e. The van der Waals surface area contributed by atoms with Crippen LogP contribution in [0.3, 0.4) is 0 Å². The molecule has 0 aliphatic rings. The van der Waals surface area contributed by atoms with Crippen LogP contribution in [-0.2, 0) is 13.5 Å². The van der Waals surface area contributed by atoms with Crippen molar-refractivity contribution in [2.75, 3.05) is 6.54 Å². The molecule has 2 heterocycles. The van der Waals surface area contributed by atoms with Gasteiger partial charge in [-0.05, 0) is 18.2 Å². The number of hydrogen-bond acceptors (Lipinski definition) is 3. The van der Waals surface area contributed by atoms with E-state index in [1.807, 2.05) is 18.2 Å². The van der Waals surface area contributed by atoms with Gasteiger partial charge >= 0.3 is 0 Å². The summed E-state index contributed by atoms with van der Waals surface area (Å²) in [6.45, 7) is 0.513. The summed E-state index contributed by atoms with van der Waals surface area (Å²) in [7, 11) is 1.62. The molecule has 5 nitrogen and oxygen atoms in total. The number of rotatable bonds is 4. The van der Waals surface area contributed by atoms with Crippen LogP contribution < -0.4 is 10.9 Å². The molecule has 0 radical (unpaired) electrons. The first-order valence-corrected chi connectivity index (χ1v) is 6.01. The molecule has 1 N–H and O–H groups in total. The molecule has 0 bridgehead atoms. The second-order valence-corrected chi connectivity index (χ2v) is 4.19. The summed E-state index contributed by atoms with van der Waals surface area (Å²) in [4.78, 5) is 27.2. The second kappa shape index (κ2) is 5.95. The average molecular weight is 257 g/mol. The molecule has 0 aliphatic heterocycles. The van der Waals surface area contributed by atoms with Crippen molar-refractivity contribution >= 4 is 5.91 Å². The normalized spacial score (nSPS) is 10.2. The van der Waals surface area contributed by atoms with E-state index in [2.05, 4.69) is 10.3 Å². The maximum absolute atomic E-state index is 11.9. The van der Waals surface area contributed by atoms with Gasteiger partial charge in [0.1, 0.15) is 0 Å². The van der Waals surface area contributed by atoms with Crippen LogP contribution in [-0.4, -0.2) is 22.0 Å². The van der Waals surface area contributed by atoms with Gasteiger partial charge in [-0.1, -0.05) is 6.07 Å². The molecule has 5 heteroatoms. The third kappa shape index (κ3) is 3.51. The smallest absolute Gasteiger partial charge is 0.252 e. The van der Waals surface area contributed by atoms with E-state index >= 15 is 0 Å². The van der Waals surface area contributed by atoms with Gasteiger partial charge in [-0.15, -0.1) is 0 Å². The minimum atomic E-state index is -0.188. The summed E-state index contributed by atoms with van der Waals surface area (Å²) in [5.41, 5.74) is 1.27. The molecule has 0 saturated heterocycles.